The Kier molecular flexibility index (Phi) is 6.83. The molecule has 3 rings (SSSR count). The number of piperazine rings is 1. The highest BCUT2D eigenvalue weighted by Crippen LogP contribution is 2.25. The summed E-state index contributed by atoms with van der Waals surface area (Å²) in [6, 6.07) is 8.00. The summed E-state index contributed by atoms with van der Waals surface area (Å²) >= 11 is 6.16. The lowest BCUT2D eigenvalue weighted by molar-refractivity contribution is -0.142. The second-order valence-corrected chi connectivity index (χ2v) is 8.55. The fraction of sp³-hybridized carbons (Fsp3) is 0.619. The van der Waals surface area contributed by atoms with E-state index in [0.29, 0.717) is 19.7 Å². The number of hydrogen-bond acceptors (Lipinski definition) is 3. The highest BCUT2D eigenvalue weighted by Gasteiger charge is 2.31. The Morgan fingerprint density at radius 3 is 2.61 bits per heavy atom. The van der Waals surface area contributed by atoms with E-state index >= 15 is 0 Å². The van der Waals surface area contributed by atoms with E-state index in [9.17, 15) is 4.79 Å². The molecule has 1 amide bonds. The first-order valence-corrected chi connectivity index (χ1v) is 10.4. The first-order valence-electron chi connectivity index (χ1n) is 10.0. The van der Waals surface area contributed by atoms with Gasteiger partial charge in [0.25, 0.3) is 5.91 Å². The van der Waals surface area contributed by atoms with Crippen molar-refractivity contribution in [3.05, 3.63) is 34.9 Å². The van der Waals surface area contributed by atoms with Crippen molar-refractivity contribution in [2.45, 2.75) is 38.2 Å². The minimum atomic E-state index is -0.234. The largest absolute Gasteiger partial charge is 0.368 e. The molecule has 1 unspecified atom stereocenters. The third-order valence-corrected chi connectivity index (χ3v) is 5.84. The van der Waals surface area contributed by atoms with E-state index in [-0.39, 0.29) is 17.4 Å². The molecule has 2 fully saturated rings. The Morgan fingerprint density at radius 2 is 2.00 bits per heavy atom. The Labute approximate surface area is 172 Å². The van der Waals surface area contributed by atoms with Crippen molar-refractivity contribution in [2.24, 2.45) is 4.99 Å². The molecule has 0 spiro atoms. The van der Waals surface area contributed by atoms with Gasteiger partial charge >= 0.3 is 0 Å². The molecule has 1 N–H and O–H groups in total. The molecule has 0 aliphatic carbocycles. The maximum atomic E-state index is 12.5. The summed E-state index contributed by atoms with van der Waals surface area (Å²) in [6.07, 6.45) is 1.60. The van der Waals surface area contributed by atoms with Crippen LogP contribution in [0.25, 0.3) is 0 Å². The van der Waals surface area contributed by atoms with Gasteiger partial charge < -0.3 is 19.9 Å². The Hall–Kier alpha value is -1.79. The lowest BCUT2D eigenvalue weighted by Gasteiger charge is -2.38. The highest BCUT2D eigenvalue weighted by atomic mass is 35.5. The number of carbonyl (C=O) groups is 1. The van der Waals surface area contributed by atoms with Crippen LogP contribution in [0.15, 0.2) is 29.3 Å². The summed E-state index contributed by atoms with van der Waals surface area (Å²) in [5.41, 5.74) is 1.10. The summed E-state index contributed by atoms with van der Waals surface area (Å²) < 4.78 is 5.54. The number of amides is 1. The van der Waals surface area contributed by atoms with Gasteiger partial charge in [-0.15, -0.1) is 0 Å². The predicted octanol–water partition coefficient (Wildman–Crippen LogP) is 2.52. The first-order chi connectivity index (χ1) is 13.4. The van der Waals surface area contributed by atoms with E-state index < -0.39 is 0 Å². The Morgan fingerprint density at radius 1 is 1.29 bits per heavy atom. The predicted molar refractivity (Wildman–Crippen MR) is 113 cm³/mol. The molecule has 7 heteroatoms. The summed E-state index contributed by atoms with van der Waals surface area (Å²) in [5.74, 6) is 1.02. The van der Waals surface area contributed by atoms with Crippen LogP contribution in [0.3, 0.4) is 0 Å². The third kappa shape index (κ3) is 4.97. The quantitative estimate of drug-likeness (QED) is 0.616. The maximum Gasteiger partial charge on any atom is 0.251 e. The minimum absolute atomic E-state index is 0.0849. The minimum Gasteiger partial charge on any atom is -0.368 e. The molecule has 0 radical (unpaired) electrons. The second kappa shape index (κ2) is 9.14. The number of hydrogen-bond donors (Lipinski definition) is 1. The van der Waals surface area contributed by atoms with Crippen LogP contribution in [0.4, 0.5) is 0 Å². The first kappa shape index (κ1) is 20.9. The van der Waals surface area contributed by atoms with E-state index in [1.165, 1.54) is 5.56 Å². The Bertz CT molecular complexity index is 708. The number of halogens is 1. The van der Waals surface area contributed by atoms with Gasteiger partial charge in [-0.25, -0.2) is 0 Å². The van der Waals surface area contributed by atoms with E-state index in [1.54, 1.807) is 7.05 Å². The fourth-order valence-corrected chi connectivity index (χ4v) is 3.95. The van der Waals surface area contributed by atoms with Crippen molar-refractivity contribution in [1.29, 1.82) is 0 Å². The van der Waals surface area contributed by atoms with Crippen molar-refractivity contribution in [1.82, 2.24) is 15.1 Å². The van der Waals surface area contributed by atoms with E-state index in [1.807, 2.05) is 23.1 Å². The number of aliphatic imine (C=N–C) groups is 1. The number of benzene rings is 1. The SMILES string of the molecule is CN=C(NCC(C)(C)c1cccc(Cl)c1)N1CCN(C(=O)C2CCCO2)CC1. The molecule has 1 aromatic carbocycles. The van der Waals surface area contributed by atoms with Gasteiger partial charge in [-0.05, 0) is 30.5 Å². The standard InChI is InChI=1S/C21H31ClN4O2/c1-21(2,16-6-4-7-17(22)14-16)15-24-20(23-3)26-11-9-25(10-12-26)19(27)18-8-5-13-28-18/h4,6-7,14,18H,5,8-13,15H2,1-3H3,(H,23,24). The molecule has 0 saturated carbocycles. The monoisotopic (exact) mass is 406 g/mol. The van der Waals surface area contributed by atoms with Crippen LogP contribution in [-0.4, -0.2) is 74.1 Å². The topological polar surface area (TPSA) is 57.2 Å². The summed E-state index contributed by atoms with van der Waals surface area (Å²) in [6.45, 7) is 8.79. The third-order valence-electron chi connectivity index (χ3n) is 5.60. The van der Waals surface area contributed by atoms with Crippen LogP contribution >= 0.6 is 11.6 Å². The summed E-state index contributed by atoms with van der Waals surface area (Å²) in [4.78, 5) is 21.1. The molecule has 1 atom stereocenters. The van der Waals surface area contributed by atoms with Crippen LogP contribution in [0, 0.1) is 0 Å². The average molecular weight is 407 g/mol. The molecule has 0 aromatic heterocycles. The van der Waals surface area contributed by atoms with Crippen molar-refractivity contribution in [2.75, 3.05) is 46.4 Å². The van der Waals surface area contributed by atoms with Crippen LogP contribution in [-0.2, 0) is 14.9 Å². The van der Waals surface area contributed by atoms with Gasteiger partial charge in [-0.1, -0.05) is 37.6 Å². The molecule has 28 heavy (non-hydrogen) atoms. The van der Waals surface area contributed by atoms with Crippen LogP contribution in [0.2, 0.25) is 5.02 Å². The molecule has 154 valence electrons. The van der Waals surface area contributed by atoms with Gasteiger partial charge in [0, 0.05) is 56.8 Å². The molecular weight excluding hydrogens is 376 g/mol. The second-order valence-electron chi connectivity index (χ2n) is 8.11. The smallest absolute Gasteiger partial charge is 0.251 e. The van der Waals surface area contributed by atoms with Gasteiger partial charge in [0.15, 0.2) is 5.96 Å². The molecule has 2 aliphatic heterocycles. The number of ether oxygens (including phenoxy) is 1. The molecule has 2 heterocycles. The summed E-state index contributed by atoms with van der Waals surface area (Å²) in [7, 11) is 1.80. The molecule has 0 bridgehead atoms. The van der Waals surface area contributed by atoms with Crippen molar-refractivity contribution in [3.8, 4) is 0 Å². The molecule has 2 saturated heterocycles. The zero-order valence-electron chi connectivity index (χ0n) is 17.1. The van der Waals surface area contributed by atoms with E-state index in [2.05, 4.69) is 35.1 Å². The van der Waals surface area contributed by atoms with Crippen molar-refractivity contribution < 1.29 is 9.53 Å². The van der Waals surface area contributed by atoms with E-state index in [4.69, 9.17) is 16.3 Å². The molecule has 1 aromatic rings. The zero-order valence-corrected chi connectivity index (χ0v) is 17.8. The van der Waals surface area contributed by atoms with Crippen molar-refractivity contribution in [3.63, 3.8) is 0 Å². The zero-order chi connectivity index (χ0) is 20.1. The molecule has 6 nitrogen and oxygen atoms in total. The van der Waals surface area contributed by atoms with Crippen LogP contribution in [0.5, 0.6) is 0 Å². The number of rotatable bonds is 4. The molecular formula is C21H31ClN4O2. The maximum absolute atomic E-state index is 12.5. The van der Waals surface area contributed by atoms with Gasteiger partial charge in [0.1, 0.15) is 6.10 Å². The van der Waals surface area contributed by atoms with Gasteiger partial charge in [-0.2, -0.15) is 0 Å². The number of carbonyl (C=O) groups excluding carboxylic acids is 1. The van der Waals surface area contributed by atoms with Crippen LogP contribution < -0.4 is 5.32 Å². The lowest BCUT2D eigenvalue weighted by Crippen LogP contribution is -2.56. The molecule has 2 aliphatic rings. The van der Waals surface area contributed by atoms with Gasteiger partial charge in [0.2, 0.25) is 0 Å². The van der Waals surface area contributed by atoms with Gasteiger partial charge in [-0.3, -0.25) is 9.79 Å². The number of guanidine groups is 1. The fourth-order valence-electron chi connectivity index (χ4n) is 3.76. The van der Waals surface area contributed by atoms with Crippen molar-refractivity contribution >= 4 is 23.5 Å². The van der Waals surface area contributed by atoms with Gasteiger partial charge in [0.05, 0.1) is 0 Å². The normalized spacial score (nSPS) is 21.1. The number of nitrogens with one attached hydrogen (secondary N) is 1. The lowest BCUT2D eigenvalue weighted by atomic mass is 9.84. The van der Waals surface area contributed by atoms with Crippen LogP contribution in [0.1, 0.15) is 32.3 Å². The summed E-state index contributed by atoms with van der Waals surface area (Å²) in [5, 5.41) is 4.25. The Balaban J connectivity index is 1.52. The number of nitrogens with zero attached hydrogens (tertiary/aromatic N) is 3. The van der Waals surface area contributed by atoms with E-state index in [0.717, 1.165) is 43.5 Å². The highest BCUT2D eigenvalue weighted by molar-refractivity contribution is 6.30. The average Bonchev–Trinajstić information content (AvgIpc) is 3.23.